The second-order valence-electron chi connectivity index (χ2n) is 6.00. The first-order valence-electron chi connectivity index (χ1n) is 7.54. The third-order valence-corrected chi connectivity index (χ3v) is 4.49. The van der Waals surface area contributed by atoms with Gasteiger partial charge in [-0.25, -0.2) is 0 Å². The fraction of sp³-hybridized carbons (Fsp3) is 0.625. The predicted molar refractivity (Wildman–Crippen MR) is 90.5 cm³/mol. The average molecular weight is 344 g/mol. The van der Waals surface area contributed by atoms with Crippen molar-refractivity contribution in [3.63, 3.8) is 0 Å². The summed E-state index contributed by atoms with van der Waals surface area (Å²) in [7, 11) is -1.21. The van der Waals surface area contributed by atoms with E-state index in [0.29, 0.717) is 0 Å². The van der Waals surface area contributed by atoms with Crippen molar-refractivity contribution in [3.8, 4) is 0 Å². The molecule has 0 aromatic rings. The Morgan fingerprint density at radius 1 is 1.22 bits per heavy atom. The molecule has 0 aliphatic heterocycles. The Balaban J connectivity index is 4.96. The Labute approximate surface area is 138 Å². The van der Waals surface area contributed by atoms with Crippen LogP contribution in [0, 0.1) is 5.92 Å². The van der Waals surface area contributed by atoms with Crippen molar-refractivity contribution in [3.05, 3.63) is 23.3 Å². The monoisotopic (exact) mass is 344 g/mol. The molecule has 0 spiro atoms. The van der Waals surface area contributed by atoms with Crippen LogP contribution >= 0.6 is 8.46 Å². The lowest BCUT2D eigenvalue weighted by molar-refractivity contribution is -0.147. The van der Waals surface area contributed by atoms with E-state index in [4.69, 9.17) is 5.73 Å². The first-order chi connectivity index (χ1) is 10.6. The van der Waals surface area contributed by atoms with Crippen LogP contribution in [0.25, 0.3) is 0 Å². The second kappa shape index (κ2) is 10.3. The van der Waals surface area contributed by atoms with E-state index in [0.717, 1.165) is 18.4 Å². The third-order valence-electron chi connectivity index (χ3n) is 3.58. The average Bonchev–Trinajstić information content (AvgIpc) is 2.44. The van der Waals surface area contributed by atoms with Gasteiger partial charge in [-0.1, -0.05) is 27.9 Å². The summed E-state index contributed by atoms with van der Waals surface area (Å²) >= 11 is 0. The molecule has 23 heavy (non-hydrogen) atoms. The van der Waals surface area contributed by atoms with Crippen LogP contribution in [0.3, 0.4) is 0 Å². The lowest BCUT2D eigenvalue weighted by Gasteiger charge is -2.20. The Kier molecular flexibility index (Phi) is 9.61. The summed E-state index contributed by atoms with van der Waals surface area (Å²) in [6, 6.07) is 0. The molecule has 0 bridgehead atoms. The number of carbonyl (C=O) groups is 2. The molecule has 0 aliphatic carbocycles. The van der Waals surface area contributed by atoms with Gasteiger partial charge in [0.05, 0.1) is 0 Å². The Bertz CT molecular complexity index is 497. The van der Waals surface area contributed by atoms with E-state index in [1.807, 2.05) is 20.8 Å². The zero-order chi connectivity index (χ0) is 18.0. The van der Waals surface area contributed by atoms with Crippen LogP contribution in [0.5, 0.6) is 0 Å². The van der Waals surface area contributed by atoms with Crippen LogP contribution in [0.2, 0.25) is 0 Å². The molecule has 0 aromatic heterocycles. The first kappa shape index (κ1) is 21.5. The molecule has 130 valence electrons. The number of nitrogens with two attached hydrogens (primary N) is 1. The minimum atomic E-state index is -1.89. The Hall–Kier alpha value is -1.52. The smallest absolute Gasteiger partial charge is 0.360 e. The summed E-state index contributed by atoms with van der Waals surface area (Å²) < 4.78 is 11.4. The maximum atomic E-state index is 11.4. The van der Waals surface area contributed by atoms with Crippen molar-refractivity contribution < 1.29 is 24.4 Å². The number of aliphatic carboxylic acids is 1. The van der Waals surface area contributed by atoms with Crippen LogP contribution in [0.1, 0.15) is 52.9 Å². The van der Waals surface area contributed by atoms with Gasteiger partial charge in [0.1, 0.15) is 5.92 Å². The summed E-state index contributed by atoms with van der Waals surface area (Å²) in [6.45, 7) is 5.89. The van der Waals surface area contributed by atoms with Crippen molar-refractivity contribution >= 4 is 20.3 Å². The summed E-state index contributed by atoms with van der Waals surface area (Å²) in [6.07, 6.45) is 5.09. The fourth-order valence-corrected chi connectivity index (χ4v) is 2.72. The van der Waals surface area contributed by atoms with Crippen molar-refractivity contribution in [1.82, 2.24) is 0 Å². The quantitative estimate of drug-likeness (QED) is 0.393. The largest absolute Gasteiger partial charge is 0.481 e. The van der Waals surface area contributed by atoms with Gasteiger partial charge in [-0.3, -0.25) is 9.59 Å². The van der Waals surface area contributed by atoms with Gasteiger partial charge < -0.3 is 15.9 Å². The molecular weight excluding hydrogens is 317 g/mol. The summed E-state index contributed by atoms with van der Waals surface area (Å²) in [4.78, 5) is 22.2. The molecule has 0 aromatic carbocycles. The van der Waals surface area contributed by atoms with Crippen molar-refractivity contribution in [1.29, 1.82) is 0 Å². The molecule has 0 heterocycles. The maximum absolute atomic E-state index is 11.4. The molecule has 0 saturated carbocycles. The molecule has 0 fully saturated rings. The number of allylic oxidation sites excluding steroid dienone is 3. The van der Waals surface area contributed by atoms with Gasteiger partial charge in [-0.15, -0.1) is 0 Å². The van der Waals surface area contributed by atoms with E-state index in [-0.39, 0.29) is 19.3 Å². The van der Waals surface area contributed by atoms with Gasteiger partial charge in [0.2, 0.25) is 5.91 Å². The number of hydrogen-bond acceptors (Lipinski definition) is 4. The number of aliphatic hydroxyl groups is 1. The van der Waals surface area contributed by atoms with Crippen LogP contribution in [0.4, 0.5) is 0 Å². The number of rotatable bonds is 11. The van der Waals surface area contributed by atoms with E-state index in [9.17, 15) is 24.4 Å². The number of carbonyl (C=O) groups excluding carboxylic acids is 1. The van der Waals surface area contributed by atoms with Crippen LogP contribution in [-0.2, 0) is 14.2 Å². The highest BCUT2D eigenvalue weighted by molar-refractivity contribution is 7.25. The zero-order valence-corrected chi connectivity index (χ0v) is 15.0. The van der Waals surface area contributed by atoms with Crippen molar-refractivity contribution in [2.24, 2.45) is 11.7 Å². The molecule has 0 radical (unpaired) electrons. The lowest BCUT2D eigenvalue weighted by Crippen LogP contribution is -2.38. The lowest BCUT2D eigenvalue weighted by atomic mass is 9.92. The Morgan fingerprint density at radius 3 is 2.26 bits per heavy atom. The topological polar surface area (TPSA) is 118 Å². The molecule has 0 aliphatic rings. The van der Waals surface area contributed by atoms with E-state index < -0.39 is 31.6 Å². The van der Waals surface area contributed by atoms with Gasteiger partial charge >= 0.3 is 14.4 Å². The van der Waals surface area contributed by atoms with Gasteiger partial charge in [0, 0.05) is 12.8 Å². The van der Waals surface area contributed by atoms with E-state index in [2.05, 4.69) is 6.08 Å². The minimum absolute atomic E-state index is 0.0364. The summed E-state index contributed by atoms with van der Waals surface area (Å²) in [5, 5.41) is 17.8. The van der Waals surface area contributed by atoms with Gasteiger partial charge in [0.15, 0.2) is 0 Å². The first-order valence-corrected chi connectivity index (χ1v) is 8.45. The highest BCUT2D eigenvalue weighted by Gasteiger charge is 2.48. The van der Waals surface area contributed by atoms with E-state index in [1.165, 1.54) is 5.57 Å². The minimum Gasteiger partial charge on any atom is -0.481 e. The number of carboxylic acids is 1. The van der Waals surface area contributed by atoms with Crippen LogP contribution in [0.15, 0.2) is 23.3 Å². The van der Waals surface area contributed by atoms with E-state index >= 15 is 0 Å². The SMILES string of the molecule is CC(C)=CCC/C(C)=C/CC(O)([PH+]=O)C(CCC(N)=O)C(=O)O. The maximum Gasteiger partial charge on any atom is 0.360 e. The van der Waals surface area contributed by atoms with Crippen molar-refractivity contribution in [2.75, 3.05) is 0 Å². The standard InChI is InChI=1S/C16H26NO5P/c1-11(2)5-4-6-12(3)9-10-16(21,23-22)13(15(19)20)7-8-14(17)18/h5,9,13,21H,4,6-8,10H2,1-3H3,(H2,17,18)(H,19,20)/p+1/b12-9+. The highest BCUT2D eigenvalue weighted by Crippen LogP contribution is 2.36. The third kappa shape index (κ3) is 8.62. The number of carboxylic acid groups (broad SMARTS) is 1. The molecule has 7 heteroatoms. The molecule has 3 atom stereocenters. The normalized spacial score (nSPS) is 15.7. The summed E-state index contributed by atoms with van der Waals surface area (Å²) in [5.41, 5.74) is 7.22. The fourth-order valence-electron chi connectivity index (χ4n) is 2.13. The van der Waals surface area contributed by atoms with Crippen molar-refractivity contribution in [2.45, 2.75) is 58.2 Å². The van der Waals surface area contributed by atoms with Gasteiger partial charge in [0.25, 0.3) is 5.34 Å². The van der Waals surface area contributed by atoms with E-state index in [1.54, 1.807) is 6.08 Å². The van der Waals surface area contributed by atoms with Crippen LogP contribution < -0.4 is 5.73 Å². The second-order valence-corrected chi connectivity index (χ2v) is 7.07. The molecule has 0 saturated heterocycles. The molecule has 1 amide bonds. The van der Waals surface area contributed by atoms with Gasteiger partial charge in [-0.05, 0) is 40.0 Å². The molecular formula is C16H27NO5P+. The highest BCUT2D eigenvalue weighted by atomic mass is 31.1. The summed E-state index contributed by atoms with van der Waals surface area (Å²) in [5.74, 6) is -3.23. The molecule has 6 nitrogen and oxygen atoms in total. The molecule has 3 unspecified atom stereocenters. The number of primary amides is 1. The molecule has 4 N–H and O–H groups in total. The van der Waals surface area contributed by atoms with Gasteiger partial charge in [-0.2, -0.15) is 0 Å². The predicted octanol–water partition coefficient (Wildman–Crippen LogP) is 2.75. The Morgan fingerprint density at radius 2 is 1.83 bits per heavy atom. The molecule has 0 rings (SSSR count). The zero-order valence-electron chi connectivity index (χ0n) is 14.0. The van der Waals surface area contributed by atoms with Crippen LogP contribution in [-0.4, -0.2) is 27.4 Å². The number of amides is 1. The number of hydrogen-bond donors (Lipinski definition) is 3.